The number of halogens is 1. The van der Waals surface area contributed by atoms with Crippen LogP contribution >= 0.6 is 24.0 Å². The SMILES string of the molecule is CN=C(NCc1c(C)cc(C)cc1C)NC1CCN(C(=O)C2CCCC2)C1.I. The molecule has 2 fully saturated rings. The molecule has 5 nitrogen and oxygen atoms in total. The molecule has 2 aliphatic rings. The molecule has 1 aliphatic heterocycles. The number of aryl methyl sites for hydroxylation is 3. The second-order valence-electron chi connectivity index (χ2n) is 8.20. The molecule has 2 N–H and O–H groups in total. The summed E-state index contributed by atoms with van der Waals surface area (Å²) in [6.45, 7) is 8.87. The number of rotatable bonds is 4. The molecule has 1 aromatic rings. The monoisotopic (exact) mass is 498 g/mol. The van der Waals surface area contributed by atoms with Gasteiger partial charge in [-0.25, -0.2) is 0 Å². The average Bonchev–Trinajstić information content (AvgIpc) is 3.31. The summed E-state index contributed by atoms with van der Waals surface area (Å²) in [5, 5.41) is 6.95. The molecule has 1 aliphatic carbocycles. The normalized spacial score (nSPS) is 20.2. The van der Waals surface area contributed by atoms with Crippen LogP contribution in [0.5, 0.6) is 0 Å². The van der Waals surface area contributed by atoms with Crippen molar-refractivity contribution in [2.75, 3.05) is 20.1 Å². The number of likely N-dealkylation sites (tertiary alicyclic amines) is 1. The lowest BCUT2D eigenvalue weighted by atomic mass is 10.00. The van der Waals surface area contributed by atoms with E-state index < -0.39 is 0 Å². The number of aliphatic imine (C=N–C) groups is 1. The van der Waals surface area contributed by atoms with Crippen molar-refractivity contribution in [2.24, 2.45) is 10.9 Å². The number of hydrogen-bond donors (Lipinski definition) is 2. The van der Waals surface area contributed by atoms with Gasteiger partial charge in [-0.2, -0.15) is 0 Å². The van der Waals surface area contributed by atoms with Gasteiger partial charge in [0.15, 0.2) is 5.96 Å². The van der Waals surface area contributed by atoms with Crippen molar-refractivity contribution in [2.45, 2.75) is 65.5 Å². The van der Waals surface area contributed by atoms with Crippen molar-refractivity contribution in [3.05, 3.63) is 34.4 Å². The van der Waals surface area contributed by atoms with Gasteiger partial charge in [0.1, 0.15) is 0 Å². The maximum Gasteiger partial charge on any atom is 0.225 e. The Morgan fingerprint density at radius 2 is 1.79 bits per heavy atom. The zero-order valence-electron chi connectivity index (χ0n) is 17.7. The van der Waals surface area contributed by atoms with E-state index in [1.807, 2.05) is 0 Å². The molecule has 1 saturated carbocycles. The van der Waals surface area contributed by atoms with Crippen LogP contribution in [0.2, 0.25) is 0 Å². The first kappa shape index (κ1) is 23.0. The van der Waals surface area contributed by atoms with Gasteiger partial charge < -0.3 is 15.5 Å². The van der Waals surface area contributed by atoms with Crippen molar-refractivity contribution < 1.29 is 4.79 Å². The van der Waals surface area contributed by atoms with E-state index in [1.54, 1.807) is 7.05 Å². The Balaban J connectivity index is 0.00000280. The Morgan fingerprint density at radius 3 is 2.39 bits per heavy atom. The molecule has 0 bridgehead atoms. The highest BCUT2D eigenvalue weighted by Gasteiger charge is 2.32. The fourth-order valence-electron chi connectivity index (χ4n) is 4.56. The number of guanidine groups is 1. The second kappa shape index (κ2) is 10.5. The van der Waals surface area contributed by atoms with Crippen LogP contribution < -0.4 is 10.6 Å². The number of carbonyl (C=O) groups is 1. The fourth-order valence-corrected chi connectivity index (χ4v) is 4.56. The maximum absolute atomic E-state index is 12.6. The van der Waals surface area contributed by atoms with Gasteiger partial charge in [-0.05, 0) is 56.7 Å². The van der Waals surface area contributed by atoms with E-state index in [0.717, 1.165) is 44.9 Å². The summed E-state index contributed by atoms with van der Waals surface area (Å²) >= 11 is 0. The number of amides is 1. The van der Waals surface area contributed by atoms with Crippen molar-refractivity contribution >= 4 is 35.8 Å². The van der Waals surface area contributed by atoms with E-state index in [9.17, 15) is 4.79 Å². The third-order valence-corrected chi connectivity index (χ3v) is 6.04. The van der Waals surface area contributed by atoms with Crippen molar-refractivity contribution in [1.82, 2.24) is 15.5 Å². The highest BCUT2D eigenvalue weighted by molar-refractivity contribution is 14.0. The van der Waals surface area contributed by atoms with E-state index in [0.29, 0.717) is 5.91 Å². The molecule has 1 heterocycles. The van der Waals surface area contributed by atoms with Gasteiger partial charge >= 0.3 is 0 Å². The summed E-state index contributed by atoms with van der Waals surface area (Å²) in [7, 11) is 1.81. The van der Waals surface area contributed by atoms with Gasteiger partial charge in [0.25, 0.3) is 0 Å². The first-order valence-electron chi connectivity index (χ1n) is 10.3. The van der Waals surface area contributed by atoms with Crippen LogP contribution in [0.4, 0.5) is 0 Å². The van der Waals surface area contributed by atoms with Gasteiger partial charge in [0, 0.05) is 38.6 Å². The topological polar surface area (TPSA) is 56.7 Å². The summed E-state index contributed by atoms with van der Waals surface area (Å²) in [6.07, 6.45) is 5.56. The molecule has 1 saturated heterocycles. The Bertz CT molecular complexity index is 689. The van der Waals surface area contributed by atoms with Crippen molar-refractivity contribution in [1.29, 1.82) is 0 Å². The van der Waals surface area contributed by atoms with Gasteiger partial charge in [-0.3, -0.25) is 9.79 Å². The summed E-state index contributed by atoms with van der Waals surface area (Å²) in [6, 6.07) is 4.73. The van der Waals surface area contributed by atoms with Gasteiger partial charge in [0.2, 0.25) is 5.91 Å². The van der Waals surface area contributed by atoms with E-state index in [4.69, 9.17) is 0 Å². The Labute approximate surface area is 186 Å². The van der Waals surface area contributed by atoms with E-state index in [2.05, 4.69) is 53.4 Å². The van der Waals surface area contributed by atoms with Gasteiger partial charge in [-0.15, -0.1) is 24.0 Å². The number of benzene rings is 1. The van der Waals surface area contributed by atoms with Crippen LogP contribution in [0.25, 0.3) is 0 Å². The molecule has 1 unspecified atom stereocenters. The summed E-state index contributed by atoms with van der Waals surface area (Å²) < 4.78 is 0. The molecule has 0 radical (unpaired) electrons. The smallest absolute Gasteiger partial charge is 0.225 e. The van der Waals surface area contributed by atoms with Crippen LogP contribution in [-0.2, 0) is 11.3 Å². The number of hydrogen-bond acceptors (Lipinski definition) is 2. The molecule has 1 amide bonds. The van der Waals surface area contributed by atoms with Crippen LogP contribution in [-0.4, -0.2) is 42.9 Å². The predicted octanol–water partition coefficient (Wildman–Crippen LogP) is 3.69. The molecular weight excluding hydrogens is 463 g/mol. The molecule has 6 heteroatoms. The Morgan fingerprint density at radius 1 is 1.14 bits per heavy atom. The number of carbonyl (C=O) groups excluding carboxylic acids is 1. The van der Waals surface area contributed by atoms with Crippen LogP contribution in [0.3, 0.4) is 0 Å². The molecule has 0 aromatic heterocycles. The lowest BCUT2D eigenvalue weighted by Gasteiger charge is -2.22. The molecule has 3 rings (SSSR count). The molecule has 156 valence electrons. The minimum Gasteiger partial charge on any atom is -0.352 e. The third kappa shape index (κ3) is 5.61. The standard InChI is InChI=1S/C22H34N4O.HI/c1-15-11-16(2)20(17(3)12-15)13-24-22(23-4)25-19-9-10-26(14-19)21(27)18-7-5-6-8-18;/h11-12,18-19H,5-10,13-14H2,1-4H3,(H2,23,24,25);1H. The molecule has 28 heavy (non-hydrogen) atoms. The highest BCUT2D eigenvalue weighted by atomic mass is 127. The molecular formula is C22H35IN4O. The second-order valence-corrected chi connectivity index (χ2v) is 8.20. The van der Waals surface area contributed by atoms with Gasteiger partial charge in [-0.1, -0.05) is 30.5 Å². The molecule has 1 aromatic carbocycles. The minimum absolute atomic E-state index is 0. The fraction of sp³-hybridized carbons (Fsp3) is 0.636. The van der Waals surface area contributed by atoms with E-state index in [1.165, 1.54) is 35.1 Å². The number of nitrogens with zero attached hydrogens (tertiary/aromatic N) is 2. The van der Waals surface area contributed by atoms with Crippen LogP contribution in [0.1, 0.15) is 54.4 Å². The van der Waals surface area contributed by atoms with E-state index in [-0.39, 0.29) is 35.9 Å². The lowest BCUT2D eigenvalue weighted by Crippen LogP contribution is -2.45. The Hall–Kier alpha value is -1.31. The van der Waals surface area contributed by atoms with Crippen LogP contribution in [0, 0.1) is 26.7 Å². The largest absolute Gasteiger partial charge is 0.352 e. The van der Waals surface area contributed by atoms with Gasteiger partial charge in [0.05, 0.1) is 0 Å². The summed E-state index contributed by atoms with van der Waals surface area (Å²) in [4.78, 5) is 19.0. The van der Waals surface area contributed by atoms with E-state index >= 15 is 0 Å². The minimum atomic E-state index is 0. The summed E-state index contributed by atoms with van der Waals surface area (Å²) in [5.41, 5.74) is 5.25. The maximum atomic E-state index is 12.6. The quantitative estimate of drug-likeness (QED) is 0.379. The molecule has 1 atom stereocenters. The van der Waals surface area contributed by atoms with Crippen LogP contribution in [0.15, 0.2) is 17.1 Å². The summed E-state index contributed by atoms with van der Waals surface area (Å²) in [5.74, 6) is 1.45. The number of nitrogens with one attached hydrogen (secondary N) is 2. The first-order valence-corrected chi connectivity index (χ1v) is 10.3. The van der Waals surface area contributed by atoms with Crippen molar-refractivity contribution in [3.8, 4) is 0 Å². The predicted molar refractivity (Wildman–Crippen MR) is 126 cm³/mol. The first-order chi connectivity index (χ1) is 13.0. The Kier molecular flexibility index (Phi) is 8.58. The molecule has 0 spiro atoms. The van der Waals surface area contributed by atoms with Crippen molar-refractivity contribution in [3.63, 3.8) is 0 Å². The highest BCUT2D eigenvalue weighted by Crippen LogP contribution is 2.27. The third-order valence-electron chi connectivity index (χ3n) is 6.04. The average molecular weight is 498 g/mol. The lowest BCUT2D eigenvalue weighted by molar-refractivity contribution is -0.134. The zero-order valence-corrected chi connectivity index (χ0v) is 20.0. The zero-order chi connectivity index (χ0) is 19.4.